The smallest absolute Gasteiger partial charge is 0.219 e. The molecule has 2 aromatic rings. The highest BCUT2D eigenvalue weighted by Crippen LogP contribution is 2.26. The minimum Gasteiger partial charge on any atom is -0.383 e. The molecular weight excluding hydrogens is 340 g/mol. The van der Waals surface area contributed by atoms with Crippen molar-refractivity contribution in [3.8, 4) is 0 Å². The first-order valence-electron chi connectivity index (χ1n) is 8.85. The number of rotatable bonds is 5. The largest absolute Gasteiger partial charge is 0.383 e. The van der Waals surface area contributed by atoms with Crippen molar-refractivity contribution in [2.75, 3.05) is 38.8 Å². The fourth-order valence-electron chi connectivity index (χ4n) is 2.84. The quantitative estimate of drug-likeness (QED) is 0.652. The Morgan fingerprint density at radius 3 is 2.74 bits per heavy atom. The number of nitrogens with one attached hydrogen (secondary N) is 1. The van der Waals surface area contributed by atoms with Crippen LogP contribution in [0.4, 0.5) is 5.69 Å². The molecule has 2 aromatic heterocycles. The average Bonchev–Trinajstić information content (AvgIpc) is 3.09. The van der Waals surface area contributed by atoms with Gasteiger partial charge in [0.1, 0.15) is 5.84 Å². The lowest BCUT2D eigenvalue weighted by Gasteiger charge is -2.21. The van der Waals surface area contributed by atoms with Gasteiger partial charge in [0.2, 0.25) is 5.96 Å². The van der Waals surface area contributed by atoms with Crippen LogP contribution in [0, 0.1) is 5.41 Å². The van der Waals surface area contributed by atoms with Gasteiger partial charge in [-0.15, -0.1) is 0 Å². The summed E-state index contributed by atoms with van der Waals surface area (Å²) in [4.78, 5) is 16.9. The van der Waals surface area contributed by atoms with Gasteiger partial charge in [0.15, 0.2) is 0 Å². The third-order valence-electron chi connectivity index (χ3n) is 4.33. The first-order chi connectivity index (χ1) is 13.2. The Labute approximate surface area is 159 Å². The van der Waals surface area contributed by atoms with Gasteiger partial charge in [0, 0.05) is 45.8 Å². The molecule has 27 heavy (non-hydrogen) atoms. The van der Waals surface area contributed by atoms with E-state index in [-0.39, 0.29) is 5.96 Å². The van der Waals surface area contributed by atoms with Crippen LogP contribution in [0.1, 0.15) is 12.0 Å². The molecule has 1 aliphatic heterocycles. The second kappa shape index (κ2) is 9.05. The molecule has 0 bridgehead atoms. The average molecular weight is 364 g/mol. The van der Waals surface area contributed by atoms with Crippen molar-refractivity contribution in [3.63, 3.8) is 0 Å². The second-order valence-electron chi connectivity index (χ2n) is 6.24. The van der Waals surface area contributed by atoms with Gasteiger partial charge in [-0.05, 0) is 41.8 Å². The lowest BCUT2D eigenvalue weighted by molar-refractivity contribution is 0.182. The summed E-state index contributed by atoms with van der Waals surface area (Å²) >= 11 is 0. The van der Waals surface area contributed by atoms with E-state index in [1.54, 1.807) is 24.4 Å². The van der Waals surface area contributed by atoms with E-state index in [9.17, 15) is 0 Å². The summed E-state index contributed by atoms with van der Waals surface area (Å²) < 4.78 is 5.10. The second-order valence-corrected chi connectivity index (χ2v) is 6.24. The maximum atomic E-state index is 8.36. The van der Waals surface area contributed by atoms with Gasteiger partial charge in [0.25, 0.3) is 0 Å². The van der Waals surface area contributed by atoms with Crippen molar-refractivity contribution in [3.05, 3.63) is 60.2 Å². The van der Waals surface area contributed by atoms with E-state index < -0.39 is 0 Å². The third kappa shape index (κ3) is 4.77. The first kappa shape index (κ1) is 18.7. The first-order valence-corrected chi connectivity index (χ1v) is 8.85. The summed E-state index contributed by atoms with van der Waals surface area (Å²) in [6.45, 7) is 1.96. The van der Waals surface area contributed by atoms with E-state index in [1.165, 1.54) is 0 Å². The molecule has 140 valence electrons. The van der Waals surface area contributed by atoms with Gasteiger partial charge < -0.3 is 14.5 Å². The fraction of sp³-hybridized carbons (Fsp3) is 0.300. The van der Waals surface area contributed by atoms with Crippen molar-refractivity contribution < 1.29 is 4.74 Å². The predicted octanol–water partition coefficient (Wildman–Crippen LogP) is 2.68. The minimum absolute atomic E-state index is 0.204. The predicted molar refractivity (Wildman–Crippen MR) is 108 cm³/mol. The summed E-state index contributed by atoms with van der Waals surface area (Å²) in [6, 6.07) is 7.84. The van der Waals surface area contributed by atoms with Crippen molar-refractivity contribution in [1.29, 1.82) is 5.41 Å². The van der Waals surface area contributed by atoms with E-state index in [2.05, 4.69) is 25.9 Å². The number of nitrogens with zero attached hydrogens (tertiary/aromatic N) is 5. The highest BCUT2D eigenvalue weighted by Gasteiger charge is 2.26. The Kier molecular flexibility index (Phi) is 6.27. The maximum Gasteiger partial charge on any atom is 0.219 e. The van der Waals surface area contributed by atoms with E-state index in [1.807, 2.05) is 43.7 Å². The molecule has 0 saturated carbocycles. The molecule has 1 fully saturated rings. The van der Waals surface area contributed by atoms with Crippen molar-refractivity contribution in [2.24, 2.45) is 4.99 Å². The summed E-state index contributed by atoms with van der Waals surface area (Å²) in [5.41, 5.74) is 3.07. The summed E-state index contributed by atoms with van der Waals surface area (Å²) in [7, 11) is 3.50. The minimum atomic E-state index is 0.204. The van der Waals surface area contributed by atoms with Crippen LogP contribution in [0.3, 0.4) is 0 Å². The summed E-state index contributed by atoms with van der Waals surface area (Å²) in [5, 5.41) is 8.36. The SMILES string of the molecule is COCCN(C)C(=N)/N=C1\C(=C\c2cccnc2)CCN1c1cccnc1. The Hall–Kier alpha value is -3.06. The monoisotopic (exact) mass is 364 g/mol. The number of hydrogen-bond donors (Lipinski definition) is 1. The third-order valence-corrected chi connectivity index (χ3v) is 4.33. The normalized spacial score (nSPS) is 16.9. The molecule has 0 aliphatic carbocycles. The van der Waals surface area contributed by atoms with Crippen molar-refractivity contribution in [2.45, 2.75) is 6.42 Å². The number of aromatic nitrogens is 2. The van der Waals surface area contributed by atoms with Crippen molar-refractivity contribution in [1.82, 2.24) is 14.9 Å². The van der Waals surface area contributed by atoms with Gasteiger partial charge >= 0.3 is 0 Å². The Balaban J connectivity index is 1.93. The fourth-order valence-corrected chi connectivity index (χ4v) is 2.84. The molecule has 0 amide bonds. The van der Waals surface area contributed by atoms with E-state index in [0.717, 1.165) is 35.6 Å². The van der Waals surface area contributed by atoms with Crippen molar-refractivity contribution >= 4 is 23.6 Å². The number of aliphatic imine (C=N–C) groups is 1. The highest BCUT2D eigenvalue weighted by atomic mass is 16.5. The Bertz CT molecular complexity index is 819. The molecule has 0 atom stereocenters. The zero-order valence-electron chi connectivity index (χ0n) is 15.7. The van der Waals surface area contributed by atoms with Gasteiger partial charge in [-0.25, -0.2) is 0 Å². The van der Waals surface area contributed by atoms with Crippen LogP contribution in [0.5, 0.6) is 0 Å². The molecular formula is C20H24N6O. The molecule has 0 spiro atoms. The molecule has 3 rings (SSSR count). The molecule has 0 aromatic carbocycles. The molecule has 3 heterocycles. The number of guanidine groups is 1. The number of hydrogen-bond acceptors (Lipinski definition) is 4. The summed E-state index contributed by atoms with van der Waals surface area (Å²) in [6.07, 6.45) is 10.1. The number of pyridine rings is 2. The molecule has 1 saturated heterocycles. The molecule has 0 unspecified atom stereocenters. The van der Waals surface area contributed by atoms with E-state index in [4.69, 9.17) is 10.1 Å². The van der Waals surface area contributed by atoms with Crippen LogP contribution in [0.15, 0.2) is 59.6 Å². The van der Waals surface area contributed by atoms with Gasteiger partial charge in [0.05, 0.1) is 18.5 Å². The highest BCUT2D eigenvalue weighted by molar-refractivity contribution is 6.17. The number of ether oxygens (including phenoxy) is 1. The molecule has 7 heteroatoms. The lowest BCUT2D eigenvalue weighted by Crippen LogP contribution is -2.32. The van der Waals surface area contributed by atoms with Crippen LogP contribution in [0.2, 0.25) is 0 Å². The van der Waals surface area contributed by atoms with E-state index >= 15 is 0 Å². The van der Waals surface area contributed by atoms with Crippen LogP contribution in [-0.2, 0) is 4.74 Å². The Morgan fingerprint density at radius 2 is 2.07 bits per heavy atom. The number of likely N-dealkylation sites (N-methyl/N-ethyl adjacent to an activating group) is 1. The summed E-state index contributed by atoms with van der Waals surface area (Å²) in [5.74, 6) is 0.982. The van der Waals surface area contributed by atoms with Crippen LogP contribution < -0.4 is 4.90 Å². The van der Waals surface area contributed by atoms with Gasteiger partial charge in [-0.3, -0.25) is 15.4 Å². The van der Waals surface area contributed by atoms with Crippen LogP contribution >= 0.6 is 0 Å². The molecule has 0 radical (unpaired) electrons. The molecule has 7 nitrogen and oxygen atoms in total. The standard InChI is InChI=1S/C20H24N6O/c1-25(11-12-27-2)20(21)24-19-17(13-16-5-3-8-22-14-16)7-10-26(19)18-6-4-9-23-15-18/h3-6,8-9,13-15,21H,7,10-12H2,1-2H3/b17-13+,21-20?,24-19+. The number of amidine groups is 1. The molecule has 1 N–H and O–H groups in total. The lowest BCUT2D eigenvalue weighted by atomic mass is 10.1. The number of methoxy groups -OCH3 is 1. The topological polar surface area (TPSA) is 77.7 Å². The van der Waals surface area contributed by atoms with Crippen LogP contribution in [-0.4, -0.2) is 60.5 Å². The maximum absolute atomic E-state index is 8.36. The Morgan fingerprint density at radius 1 is 1.30 bits per heavy atom. The van der Waals surface area contributed by atoms with E-state index in [0.29, 0.717) is 13.2 Å². The number of anilines is 1. The molecule has 1 aliphatic rings. The van der Waals surface area contributed by atoms with Gasteiger partial charge in [-0.1, -0.05) is 6.07 Å². The van der Waals surface area contributed by atoms with Gasteiger partial charge in [-0.2, -0.15) is 4.99 Å². The zero-order valence-corrected chi connectivity index (χ0v) is 15.7. The van der Waals surface area contributed by atoms with Crippen LogP contribution in [0.25, 0.3) is 6.08 Å². The zero-order chi connectivity index (χ0) is 19.1.